The predicted molar refractivity (Wildman–Crippen MR) is 97.0 cm³/mol. The Labute approximate surface area is 148 Å². The summed E-state index contributed by atoms with van der Waals surface area (Å²) >= 11 is 0. The molecule has 0 aliphatic carbocycles. The van der Waals surface area contributed by atoms with Gasteiger partial charge in [-0.2, -0.15) is 4.52 Å². The zero-order valence-corrected chi connectivity index (χ0v) is 15.2. The van der Waals surface area contributed by atoms with Crippen LogP contribution in [-0.2, 0) is 0 Å². The van der Waals surface area contributed by atoms with E-state index in [1.54, 1.807) is 6.20 Å². The van der Waals surface area contributed by atoms with Crippen molar-refractivity contribution in [3.8, 4) is 0 Å². The van der Waals surface area contributed by atoms with Crippen LogP contribution in [0.3, 0.4) is 0 Å². The first kappa shape index (κ1) is 17.4. The Morgan fingerprint density at radius 1 is 1.21 bits per heavy atom. The standard InChI is InChI=1S/C16H25N7.ClH/c1-13-19-14-9-18-10-15(23(14)20-13)22-7-5-21(6-8-22)12-16(2)3-4-17-11-16;/h9-10,17H,3-8,11-12H2,1-2H3;1H. The molecule has 1 N–H and O–H groups in total. The summed E-state index contributed by atoms with van der Waals surface area (Å²) in [5.41, 5.74) is 1.26. The molecular formula is C16H26ClN7. The molecule has 7 nitrogen and oxygen atoms in total. The summed E-state index contributed by atoms with van der Waals surface area (Å²) in [6.45, 7) is 12.1. The molecular weight excluding hydrogens is 326 g/mol. The van der Waals surface area contributed by atoms with Crippen LogP contribution in [0, 0.1) is 12.3 Å². The molecule has 0 bridgehead atoms. The summed E-state index contributed by atoms with van der Waals surface area (Å²) in [5, 5.41) is 8.00. The average Bonchev–Trinajstić information content (AvgIpc) is 3.12. The second-order valence-electron chi connectivity index (χ2n) is 7.20. The third-order valence-corrected chi connectivity index (χ3v) is 5.09. The molecule has 24 heavy (non-hydrogen) atoms. The minimum absolute atomic E-state index is 0. The lowest BCUT2D eigenvalue weighted by atomic mass is 9.89. The van der Waals surface area contributed by atoms with E-state index in [1.165, 1.54) is 13.0 Å². The van der Waals surface area contributed by atoms with Crippen molar-refractivity contribution in [2.75, 3.05) is 50.7 Å². The molecule has 2 aliphatic rings. The van der Waals surface area contributed by atoms with Gasteiger partial charge in [-0.1, -0.05) is 6.92 Å². The van der Waals surface area contributed by atoms with Crippen LogP contribution in [0.15, 0.2) is 12.4 Å². The first-order valence-corrected chi connectivity index (χ1v) is 8.48. The topological polar surface area (TPSA) is 61.6 Å². The summed E-state index contributed by atoms with van der Waals surface area (Å²) < 4.78 is 1.92. The Morgan fingerprint density at radius 3 is 2.71 bits per heavy atom. The van der Waals surface area contributed by atoms with Crippen molar-refractivity contribution in [1.82, 2.24) is 29.8 Å². The Bertz CT molecular complexity index is 687. The Kier molecular flexibility index (Phi) is 4.94. The first-order chi connectivity index (χ1) is 11.1. The average molecular weight is 352 g/mol. The second-order valence-corrected chi connectivity index (χ2v) is 7.20. The van der Waals surface area contributed by atoms with Crippen LogP contribution < -0.4 is 10.2 Å². The molecule has 0 aromatic carbocycles. The number of halogens is 1. The van der Waals surface area contributed by atoms with Gasteiger partial charge in [0.2, 0.25) is 0 Å². The van der Waals surface area contributed by atoms with Crippen LogP contribution in [0.1, 0.15) is 19.2 Å². The van der Waals surface area contributed by atoms with Gasteiger partial charge in [0.05, 0.1) is 12.4 Å². The molecule has 8 heteroatoms. The van der Waals surface area contributed by atoms with Crippen molar-refractivity contribution < 1.29 is 0 Å². The van der Waals surface area contributed by atoms with Crippen LogP contribution in [-0.4, -0.2) is 70.3 Å². The zero-order valence-electron chi connectivity index (χ0n) is 14.4. The summed E-state index contributed by atoms with van der Waals surface area (Å²) in [5.74, 6) is 1.84. The number of rotatable bonds is 3. The molecule has 132 valence electrons. The number of nitrogens with zero attached hydrogens (tertiary/aromatic N) is 6. The molecule has 0 saturated carbocycles. The third-order valence-electron chi connectivity index (χ3n) is 5.09. The molecule has 2 fully saturated rings. The predicted octanol–water partition coefficient (Wildman–Crippen LogP) is 0.976. The molecule has 0 spiro atoms. The van der Waals surface area contributed by atoms with Crippen molar-refractivity contribution >= 4 is 23.9 Å². The molecule has 0 radical (unpaired) electrons. The van der Waals surface area contributed by atoms with Gasteiger partial charge in [0, 0.05) is 39.3 Å². The van der Waals surface area contributed by atoms with Crippen molar-refractivity contribution in [1.29, 1.82) is 0 Å². The number of anilines is 1. The number of nitrogens with one attached hydrogen (secondary N) is 1. The van der Waals surface area contributed by atoms with E-state index in [0.29, 0.717) is 5.41 Å². The maximum Gasteiger partial charge on any atom is 0.176 e. The van der Waals surface area contributed by atoms with Crippen molar-refractivity contribution in [2.24, 2.45) is 5.41 Å². The molecule has 1 unspecified atom stereocenters. The molecule has 2 saturated heterocycles. The van der Waals surface area contributed by atoms with Crippen molar-refractivity contribution in [3.05, 3.63) is 18.2 Å². The van der Waals surface area contributed by atoms with E-state index in [4.69, 9.17) is 0 Å². The minimum atomic E-state index is 0. The summed E-state index contributed by atoms with van der Waals surface area (Å²) in [6, 6.07) is 0. The molecule has 4 heterocycles. The SMILES string of the molecule is Cc1nc2cncc(N3CCN(CC4(C)CCNC4)CC3)n2n1.Cl. The smallest absolute Gasteiger partial charge is 0.176 e. The van der Waals surface area contributed by atoms with Crippen LogP contribution in [0.25, 0.3) is 5.65 Å². The highest BCUT2D eigenvalue weighted by atomic mass is 35.5. The van der Waals surface area contributed by atoms with Gasteiger partial charge in [-0.15, -0.1) is 17.5 Å². The number of aromatic nitrogens is 4. The number of aryl methyl sites for hydroxylation is 1. The maximum absolute atomic E-state index is 4.50. The number of fused-ring (bicyclic) bond motifs is 1. The Hall–Kier alpha value is -1.44. The molecule has 2 aromatic rings. The van der Waals surface area contributed by atoms with Gasteiger partial charge in [-0.3, -0.25) is 9.88 Å². The fourth-order valence-corrected chi connectivity index (χ4v) is 3.80. The third kappa shape index (κ3) is 3.34. The summed E-state index contributed by atoms with van der Waals surface area (Å²) in [4.78, 5) is 13.7. The summed E-state index contributed by atoms with van der Waals surface area (Å²) in [7, 11) is 0. The summed E-state index contributed by atoms with van der Waals surface area (Å²) in [6.07, 6.45) is 4.96. The first-order valence-electron chi connectivity index (χ1n) is 8.48. The van der Waals surface area contributed by atoms with E-state index in [-0.39, 0.29) is 12.4 Å². The van der Waals surface area contributed by atoms with Crippen LogP contribution >= 0.6 is 12.4 Å². The van der Waals surface area contributed by atoms with Gasteiger partial charge in [-0.05, 0) is 25.3 Å². The normalized spacial score (nSPS) is 25.2. The quantitative estimate of drug-likeness (QED) is 0.889. The van der Waals surface area contributed by atoms with Gasteiger partial charge in [-0.25, -0.2) is 4.98 Å². The van der Waals surface area contributed by atoms with E-state index in [2.05, 4.69) is 37.1 Å². The zero-order chi connectivity index (χ0) is 15.9. The maximum atomic E-state index is 4.50. The lowest BCUT2D eigenvalue weighted by molar-refractivity contribution is 0.169. The monoisotopic (exact) mass is 351 g/mol. The highest BCUT2D eigenvalue weighted by molar-refractivity contribution is 5.85. The minimum Gasteiger partial charge on any atom is -0.353 e. The number of hydrogen-bond acceptors (Lipinski definition) is 6. The van der Waals surface area contributed by atoms with E-state index >= 15 is 0 Å². The van der Waals surface area contributed by atoms with E-state index in [9.17, 15) is 0 Å². The molecule has 2 aromatic heterocycles. The van der Waals surface area contributed by atoms with E-state index in [0.717, 1.165) is 56.6 Å². The second kappa shape index (κ2) is 6.82. The van der Waals surface area contributed by atoms with Crippen molar-refractivity contribution in [2.45, 2.75) is 20.3 Å². The molecule has 4 rings (SSSR count). The van der Waals surface area contributed by atoms with Crippen molar-refractivity contribution in [3.63, 3.8) is 0 Å². The lowest BCUT2D eigenvalue weighted by Crippen LogP contribution is -2.50. The fraction of sp³-hybridized carbons (Fsp3) is 0.688. The largest absolute Gasteiger partial charge is 0.353 e. The van der Waals surface area contributed by atoms with E-state index < -0.39 is 0 Å². The highest BCUT2D eigenvalue weighted by Crippen LogP contribution is 2.26. The van der Waals surface area contributed by atoms with Crippen LogP contribution in [0.4, 0.5) is 5.82 Å². The fourth-order valence-electron chi connectivity index (χ4n) is 3.80. The Balaban J connectivity index is 0.00000169. The highest BCUT2D eigenvalue weighted by Gasteiger charge is 2.32. The number of piperazine rings is 1. The molecule has 1 atom stereocenters. The van der Waals surface area contributed by atoms with Gasteiger partial charge >= 0.3 is 0 Å². The number of hydrogen-bond donors (Lipinski definition) is 1. The molecule has 0 amide bonds. The van der Waals surface area contributed by atoms with Gasteiger partial charge in [0.25, 0.3) is 0 Å². The van der Waals surface area contributed by atoms with Gasteiger partial charge in [0.1, 0.15) is 5.82 Å². The lowest BCUT2D eigenvalue weighted by Gasteiger charge is -2.39. The Morgan fingerprint density at radius 2 is 2.00 bits per heavy atom. The van der Waals surface area contributed by atoms with Gasteiger partial charge in [0.15, 0.2) is 11.5 Å². The van der Waals surface area contributed by atoms with Gasteiger partial charge < -0.3 is 10.2 Å². The van der Waals surface area contributed by atoms with Crippen LogP contribution in [0.2, 0.25) is 0 Å². The molecule has 2 aliphatic heterocycles. The van der Waals surface area contributed by atoms with Crippen LogP contribution in [0.5, 0.6) is 0 Å². The van der Waals surface area contributed by atoms with E-state index in [1.807, 2.05) is 17.6 Å².